The maximum absolute atomic E-state index is 8.78. The van der Waals surface area contributed by atoms with Crippen molar-refractivity contribution in [1.82, 2.24) is 4.98 Å². The molecule has 0 saturated carbocycles. The van der Waals surface area contributed by atoms with Crippen LogP contribution in [0.4, 0.5) is 5.69 Å². The third-order valence-electron chi connectivity index (χ3n) is 1.85. The Labute approximate surface area is 75.4 Å². The van der Waals surface area contributed by atoms with Gasteiger partial charge in [-0.3, -0.25) is 4.98 Å². The molecular weight excluding hydrogens is 162 g/mol. The molecule has 2 rings (SSSR count). The number of nitriles is 1. The summed E-state index contributed by atoms with van der Waals surface area (Å²) in [6, 6.07) is 9.35. The van der Waals surface area contributed by atoms with E-state index >= 15 is 0 Å². The molecule has 0 aliphatic heterocycles. The van der Waals surface area contributed by atoms with Gasteiger partial charge in [0.15, 0.2) is 0 Å². The number of benzene rings is 1. The van der Waals surface area contributed by atoms with E-state index in [1.54, 1.807) is 12.3 Å². The molecule has 0 aliphatic rings. The Kier molecular flexibility index (Phi) is 1.60. The van der Waals surface area contributed by atoms with Gasteiger partial charge in [-0.15, -0.1) is 0 Å². The van der Waals surface area contributed by atoms with Gasteiger partial charge >= 0.3 is 0 Å². The highest BCUT2D eigenvalue weighted by atomic mass is 14.7. The lowest BCUT2D eigenvalue weighted by Crippen LogP contribution is -1.88. The number of anilines is 1. The highest BCUT2D eigenvalue weighted by Crippen LogP contribution is 2.17. The molecule has 0 bridgehead atoms. The molecule has 1 heterocycles. The number of hydrogen-bond donors (Lipinski definition) is 1. The quantitative estimate of drug-likeness (QED) is 0.652. The standard InChI is InChI=1S/C10H7N3/c11-5-8-3-1-2-7-4-9(12)6-13-10(7)8/h1-4,6H,12H2. The Balaban J connectivity index is 2.87. The molecule has 0 aliphatic carbocycles. The fourth-order valence-electron chi connectivity index (χ4n) is 1.27. The highest BCUT2D eigenvalue weighted by molar-refractivity contribution is 5.85. The second-order valence-electron chi connectivity index (χ2n) is 2.76. The summed E-state index contributed by atoms with van der Waals surface area (Å²) < 4.78 is 0. The van der Waals surface area contributed by atoms with Crippen LogP contribution < -0.4 is 5.73 Å². The second-order valence-corrected chi connectivity index (χ2v) is 2.76. The molecule has 2 N–H and O–H groups in total. The minimum absolute atomic E-state index is 0.581. The Morgan fingerprint density at radius 1 is 1.38 bits per heavy atom. The summed E-state index contributed by atoms with van der Waals surface area (Å²) in [7, 11) is 0. The van der Waals surface area contributed by atoms with Gasteiger partial charge in [0.25, 0.3) is 0 Å². The first kappa shape index (κ1) is 7.56. The molecule has 0 amide bonds. The number of fused-ring (bicyclic) bond motifs is 1. The summed E-state index contributed by atoms with van der Waals surface area (Å²) in [4.78, 5) is 4.10. The van der Waals surface area contributed by atoms with Crippen molar-refractivity contribution in [3.63, 3.8) is 0 Å². The molecule has 3 heteroatoms. The lowest BCUT2D eigenvalue weighted by atomic mass is 10.1. The van der Waals surface area contributed by atoms with Crippen LogP contribution in [0.1, 0.15) is 5.56 Å². The summed E-state index contributed by atoms with van der Waals surface area (Å²) in [5, 5.41) is 9.69. The van der Waals surface area contributed by atoms with Crippen molar-refractivity contribution in [2.24, 2.45) is 0 Å². The molecule has 62 valence electrons. The number of hydrogen-bond acceptors (Lipinski definition) is 3. The van der Waals surface area contributed by atoms with Crippen LogP contribution in [0.25, 0.3) is 10.9 Å². The fourth-order valence-corrected chi connectivity index (χ4v) is 1.27. The fraction of sp³-hybridized carbons (Fsp3) is 0. The van der Waals surface area contributed by atoms with E-state index in [0.717, 1.165) is 5.39 Å². The molecule has 0 unspecified atom stereocenters. The average Bonchev–Trinajstić information content (AvgIpc) is 2.16. The number of nitrogen functional groups attached to an aromatic ring is 1. The zero-order valence-electron chi connectivity index (χ0n) is 6.86. The van der Waals surface area contributed by atoms with E-state index in [9.17, 15) is 0 Å². The molecular formula is C10H7N3. The van der Waals surface area contributed by atoms with Gasteiger partial charge in [0.2, 0.25) is 0 Å². The number of pyridine rings is 1. The zero-order chi connectivity index (χ0) is 9.26. The topological polar surface area (TPSA) is 62.7 Å². The van der Waals surface area contributed by atoms with Crippen molar-refractivity contribution in [2.45, 2.75) is 0 Å². The highest BCUT2D eigenvalue weighted by Gasteiger charge is 2.00. The van der Waals surface area contributed by atoms with Crippen LogP contribution in [0, 0.1) is 11.3 Å². The molecule has 0 radical (unpaired) electrons. The molecule has 0 saturated heterocycles. The molecule has 0 spiro atoms. The van der Waals surface area contributed by atoms with Gasteiger partial charge in [-0.2, -0.15) is 5.26 Å². The number of para-hydroxylation sites is 1. The van der Waals surface area contributed by atoms with E-state index in [0.29, 0.717) is 16.8 Å². The summed E-state index contributed by atoms with van der Waals surface area (Å²) in [6.45, 7) is 0. The van der Waals surface area contributed by atoms with E-state index < -0.39 is 0 Å². The van der Waals surface area contributed by atoms with Crippen molar-refractivity contribution in [2.75, 3.05) is 5.73 Å². The molecule has 0 atom stereocenters. The monoisotopic (exact) mass is 169 g/mol. The molecule has 13 heavy (non-hydrogen) atoms. The largest absolute Gasteiger partial charge is 0.397 e. The number of nitrogens with zero attached hydrogens (tertiary/aromatic N) is 2. The number of aromatic nitrogens is 1. The summed E-state index contributed by atoms with van der Waals surface area (Å²) in [5.41, 5.74) is 7.47. The Bertz CT molecular complexity index is 497. The van der Waals surface area contributed by atoms with Crippen LogP contribution in [-0.4, -0.2) is 4.98 Å². The predicted molar refractivity (Wildman–Crippen MR) is 50.9 cm³/mol. The normalized spacial score (nSPS) is 9.77. The smallest absolute Gasteiger partial charge is 0.101 e. The maximum atomic E-state index is 8.78. The van der Waals surface area contributed by atoms with Crippen LogP contribution in [0.3, 0.4) is 0 Å². The predicted octanol–water partition coefficient (Wildman–Crippen LogP) is 1.69. The SMILES string of the molecule is N#Cc1cccc2cc(N)cnc12. The van der Waals surface area contributed by atoms with Crippen molar-refractivity contribution in [3.05, 3.63) is 36.0 Å². The molecule has 3 nitrogen and oxygen atoms in total. The van der Waals surface area contributed by atoms with Gasteiger partial charge in [-0.05, 0) is 12.1 Å². The van der Waals surface area contributed by atoms with Crippen LogP contribution in [-0.2, 0) is 0 Å². The first-order chi connectivity index (χ1) is 6.31. The van der Waals surface area contributed by atoms with Gasteiger partial charge in [0.05, 0.1) is 23.0 Å². The zero-order valence-corrected chi connectivity index (χ0v) is 6.86. The number of rotatable bonds is 0. The second kappa shape index (κ2) is 2.76. The van der Waals surface area contributed by atoms with Gasteiger partial charge < -0.3 is 5.73 Å². The van der Waals surface area contributed by atoms with E-state index in [1.165, 1.54) is 0 Å². The summed E-state index contributed by atoms with van der Waals surface area (Å²) in [6.07, 6.45) is 1.56. The van der Waals surface area contributed by atoms with Crippen LogP contribution >= 0.6 is 0 Å². The first-order valence-corrected chi connectivity index (χ1v) is 3.85. The third-order valence-corrected chi connectivity index (χ3v) is 1.85. The van der Waals surface area contributed by atoms with Gasteiger partial charge in [-0.25, -0.2) is 0 Å². The van der Waals surface area contributed by atoms with Crippen molar-refractivity contribution >= 4 is 16.6 Å². The third kappa shape index (κ3) is 1.18. The van der Waals surface area contributed by atoms with Crippen LogP contribution in [0.5, 0.6) is 0 Å². The minimum atomic E-state index is 0.581. The summed E-state index contributed by atoms with van der Waals surface area (Å²) >= 11 is 0. The van der Waals surface area contributed by atoms with Crippen LogP contribution in [0.2, 0.25) is 0 Å². The molecule has 2 aromatic rings. The molecule has 1 aromatic heterocycles. The Hall–Kier alpha value is -2.08. The maximum Gasteiger partial charge on any atom is 0.101 e. The lowest BCUT2D eigenvalue weighted by Gasteiger charge is -1.99. The van der Waals surface area contributed by atoms with Gasteiger partial charge in [0, 0.05) is 5.39 Å². The lowest BCUT2D eigenvalue weighted by molar-refractivity contribution is 1.39. The Morgan fingerprint density at radius 2 is 2.23 bits per heavy atom. The van der Waals surface area contributed by atoms with Crippen molar-refractivity contribution in [3.8, 4) is 6.07 Å². The molecule has 0 fully saturated rings. The van der Waals surface area contributed by atoms with E-state index in [1.807, 2.05) is 18.2 Å². The van der Waals surface area contributed by atoms with E-state index in [-0.39, 0.29) is 0 Å². The molecule has 1 aromatic carbocycles. The Morgan fingerprint density at radius 3 is 3.00 bits per heavy atom. The van der Waals surface area contributed by atoms with Crippen LogP contribution in [0.15, 0.2) is 30.5 Å². The van der Waals surface area contributed by atoms with E-state index in [2.05, 4.69) is 11.1 Å². The van der Waals surface area contributed by atoms with E-state index in [4.69, 9.17) is 11.0 Å². The van der Waals surface area contributed by atoms with Gasteiger partial charge in [0.1, 0.15) is 6.07 Å². The van der Waals surface area contributed by atoms with Crippen molar-refractivity contribution in [1.29, 1.82) is 5.26 Å². The first-order valence-electron chi connectivity index (χ1n) is 3.85. The summed E-state index contributed by atoms with van der Waals surface area (Å²) in [5.74, 6) is 0. The minimum Gasteiger partial charge on any atom is -0.397 e. The van der Waals surface area contributed by atoms with Gasteiger partial charge in [-0.1, -0.05) is 12.1 Å². The number of nitrogens with two attached hydrogens (primary N) is 1. The van der Waals surface area contributed by atoms with Crippen molar-refractivity contribution < 1.29 is 0 Å². The average molecular weight is 169 g/mol.